The zero-order chi connectivity index (χ0) is 14.8. The number of amides is 1. The number of aryl methyl sites for hydroxylation is 1. The Kier molecular flexibility index (Phi) is 3.79. The highest BCUT2D eigenvalue weighted by Crippen LogP contribution is 2.22. The third-order valence-electron chi connectivity index (χ3n) is 3.64. The summed E-state index contributed by atoms with van der Waals surface area (Å²) in [6, 6.07) is 7.24. The van der Waals surface area contributed by atoms with Crippen LogP contribution in [0.1, 0.15) is 16.1 Å². The lowest BCUT2D eigenvalue weighted by Gasteiger charge is -2.34. The summed E-state index contributed by atoms with van der Waals surface area (Å²) >= 11 is 1.66. The van der Waals surface area contributed by atoms with Crippen LogP contribution in [0.25, 0.3) is 0 Å². The fourth-order valence-corrected chi connectivity index (χ4v) is 3.31. The quantitative estimate of drug-likeness (QED) is 0.862. The molecule has 0 spiro atoms. The first kappa shape index (κ1) is 13.9. The van der Waals surface area contributed by atoms with E-state index < -0.39 is 0 Å². The van der Waals surface area contributed by atoms with Gasteiger partial charge in [-0.2, -0.15) is 0 Å². The van der Waals surface area contributed by atoms with Gasteiger partial charge in [-0.3, -0.25) is 4.79 Å². The van der Waals surface area contributed by atoms with Gasteiger partial charge in [0.25, 0.3) is 5.91 Å². The molecule has 0 saturated carbocycles. The lowest BCUT2D eigenvalue weighted by molar-refractivity contribution is 0.0748. The highest BCUT2D eigenvalue weighted by molar-refractivity contribution is 7.13. The molecule has 110 valence electrons. The molecule has 1 aliphatic heterocycles. The molecule has 0 aliphatic carbocycles. The molecule has 0 unspecified atom stereocenters. The van der Waals surface area contributed by atoms with E-state index in [0.29, 0.717) is 24.3 Å². The van der Waals surface area contributed by atoms with Crippen LogP contribution in [0.5, 0.6) is 0 Å². The van der Waals surface area contributed by atoms with Crippen molar-refractivity contribution in [3.63, 3.8) is 0 Å². The number of piperazine rings is 1. The van der Waals surface area contributed by atoms with Gasteiger partial charge in [-0.1, -0.05) is 12.1 Å². The average Bonchev–Trinajstić information content (AvgIpc) is 2.94. The highest BCUT2D eigenvalue weighted by Gasteiger charge is 2.24. The Hall–Kier alpha value is -2.08. The molecule has 1 saturated heterocycles. The van der Waals surface area contributed by atoms with Crippen LogP contribution in [0.2, 0.25) is 0 Å². The molecule has 1 aromatic carbocycles. The summed E-state index contributed by atoms with van der Waals surface area (Å²) in [6.07, 6.45) is 0. The predicted octanol–water partition coefficient (Wildman–Crippen LogP) is 2.00. The minimum Gasteiger partial charge on any atom is -0.398 e. The number of hydrogen-bond donors (Lipinski definition) is 1. The molecule has 5 nitrogen and oxygen atoms in total. The standard InChI is InChI=1S/C15H18N4OS/c1-11-10-21-15(17-11)19-8-6-18(7-9-19)14(20)12-4-2-3-5-13(12)16/h2-5,10H,6-9,16H2,1H3. The molecule has 2 heterocycles. The number of carbonyl (C=O) groups excluding carboxylic acids is 1. The molecule has 0 bridgehead atoms. The van der Waals surface area contributed by atoms with E-state index in [0.717, 1.165) is 23.9 Å². The molecular weight excluding hydrogens is 284 g/mol. The lowest BCUT2D eigenvalue weighted by atomic mass is 10.1. The minimum absolute atomic E-state index is 0.0167. The maximum absolute atomic E-state index is 12.5. The van der Waals surface area contributed by atoms with Crippen molar-refractivity contribution in [2.45, 2.75) is 6.92 Å². The van der Waals surface area contributed by atoms with Gasteiger partial charge in [-0.15, -0.1) is 11.3 Å². The summed E-state index contributed by atoms with van der Waals surface area (Å²) in [5, 5.41) is 3.09. The number of para-hydroxylation sites is 1. The molecule has 0 atom stereocenters. The lowest BCUT2D eigenvalue weighted by Crippen LogP contribution is -2.48. The van der Waals surface area contributed by atoms with Crippen molar-refractivity contribution in [2.75, 3.05) is 36.8 Å². The number of thiazole rings is 1. The number of aromatic nitrogens is 1. The molecule has 6 heteroatoms. The van der Waals surface area contributed by atoms with E-state index in [-0.39, 0.29) is 5.91 Å². The van der Waals surface area contributed by atoms with Gasteiger partial charge in [-0.25, -0.2) is 4.98 Å². The van der Waals surface area contributed by atoms with Crippen LogP contribution >= 0.6 is 11.3 Å². The number of hydrogen-bond acceptors (Lipinski definition) is 5. The summed E-state index contributed by atoms with van der Waals surface area (Å²) in [7, 11) is 0. The number of nitrogens with zero attached hydrogens (tertiary/aromatic N) is 3. The number of benzene rings is 1. The Morgan fingerprint density at radius 3 is 2.57 bits per heavy atom. The monoisotopic (exact) mass is 302 g/mol. The third kappa shape index (κ3) is 2.85. The van der Waals surface area contributed by atoms with Crippen LogP contribution in [0.4, 0.5) is 10.8 Å². The Morgan fingerprint density at radius 2 is 1.95 bits per heavy atom. The molecule has 2 N–H and O–H groups in total. The molecule has 2 aromatic rings. The second-order valence-corrected chi connectivity index (χ2v) is 5.97. The van der Waals surface area contributed by atoms with Crippen molar-refractivity contribution in [3.05, 3.63) is 40.9 Å². The van der Waals surface area contributed by atoms with E-state index in [9.17, 15) is 4.79 Å². The Morgan fingerprint density at radius 1 is 1.24 bits per heavy atom. The van der Waals surface area contributed by atoms with Gasteiger partial charge in [0.1, 0.15) is 0 Å². The van der Waals surface area contributed by atoms with Gasteiger partial charge in [0.2, 0.25) is 0 Å². The SMILES string of the molecule is Cc1csc(N2CCN(C(=O)c3ccccc3N)CC2)n1. The van der Waals surface area contributed by atoms with Crippen LogP contribution in [0, 0.1) is 6.92 Å². The summed E-state index contributed by atoms with van der Waals surface area (Å²) < 4.78 is 0. The number of anilines is 2. The predicted molar refractivity (Wildman–Crippen MR) is 85.8 cm³/mol. The van der Waals surface area contributed by atoms with Crippen molar-refractivity contribution in [2.24, 2.45) is 0 Å². The molecule has 1 fully saturated rings. The minimum atomic E-state index is 0.0167. The van der Waals surface area contributed by atoms with Gasteiger partial charge < -0.3 is 15.5 Å². The summed E-state index contributed by atoms with van der Waals surface area (Å²) in [4.78, 5) is 21.1. The van der Waals surface area contributed by atoms with E-state index in [4.69, 9.17) is 5.73 Å². The van der Waals surface area contributed by atoms with Gasteiger partial charge >= 0.3 is 0 Å². The fourth-order valence-electron chi connectivity index (χ4n) is 2.45. The topological polar surface area (TPSA) is 62.5 Å². The van der Waals surface area contributed by atoms with Crippen LogP contribution in [-0.4, -0.2) is 42.0 Å². The zero-order valence-electron chi connectivity index (χ0n) is 12.0. The normalized spacial score (nSPS) is 15.3. The maximum Gasteiger partial charge on any atom is 0.256 e. The Bertz CT molecular complexity index is 647. The summed E-state index contributed by atoms with van der Waals surface area (Å²) in [5.41, 5.74) is 8.07. The van der Waals surface area contributed by atoms with Crippen molar-refractivity contribution < 1.29 is 4.79 Å². The van der Waals surface area contributed by atoms with E-state index in [1.54, 1.807) is 23.5 Å². The molecule has 0 radical (unpaired) electrons. The van der Waals surface area contributed by atoms with E-state index in [1.807, 2.05) is 24.0 Å². The van der Waals surface area contributed by atoms with Crippen LogP contribution < -0.4 is 10.6 Å². The van der Waals surface area contributed by atoms with Gasteiger partial charge in [0.05, 0.1) is 11.3 Å². The zero-order valence-corrected chi connectivity index (χ0v) is 12.8. The second kappa shape index (κ2) is 5.73. The molecular formula is C15H18N4OS. The van der Waals surface area contributed by atoms with E-state index in [2.05, 4.69) is 15.3 Å². The number of carbonyl (C=O) groups is 1. The number of rotatable bonds is 2. The third-order valence-corrected chi connectivity index (χ3v) is 4.65. The highest BCUT2D eigenvalue weighted by atomic mass is 32.1. The second-order valence-electron chi connectivity index (χ2n) is 5.14. The first-order chi connectivity index (χ1) is 10.1. The fraction of sp³-hybridized carbons (Fsp3) is 0.333. The first-order valence-corrected chi connectivity index (χ1v) is 7.84. The smallest absolute Gasteiger partial charge is 0.256 e. The average molecular weight is 302 g/mol. The molecule has 1 aromatic heterocycles. The number of nitrogen functional groups attached to an aromatic ring is 1. The Balaban J connectivity index is 1.66. The van der Waals surface area contributed by atoms with Crippen LogP contribution in [0.3, 0.4) is 0 Å². The van der Waals surface area contributed by atoms with Crippen molar-refractivity contribution >= 4 is 28.1 Å². The number of nitrogens with two attached hydrogens (primary N) is 1. The Labute approximate surface area is 128 Å². The van der Waals surface area contributed by atoms with E-state index in [1.165, 1.54) is 0 Å². The van der Waals surface area contributed by atoms with Gasteiger partial charge in [0, 0.05) is 37.2 Å². The van der Waals surface area contributed by atoms with Gasteiger partial charge in [0.15, 0.2) is 5.13 Å². The first-order valence-electron chi connectivity index (χ1n) is 6.96. The maximum atomic E-state index is 12.5. The summed E-state index contributed by atoms with van der Waals surface area (Å²) in [6.45, 7) is 5.02. The van der Waals surface area contributed by atoms with Crippen LogP contribution in [0.15, 0.2) is 29.6 Å². The molecule has 21 heavy (non-hydrogen) atoms. The van der Waals surface area contributed by atoms with Crippen molar-refractivity contribution in [1.29, 1.82) is 0 Å². The van der Waals surface area contributed by atoms with Crippen LogP contribution in [-0.2, 0) is 0 Å². The van der Waals surface area contributed by atoms with Crippen molar-refractivity contribution in [1.82, 2.24) is 9.88 Å². The molecule has 1 amide bonds. The largest absolute Gasteiger partial charge is 0.398 e. The van der Waals surface area contributed by atoms with Crippen molar-refractivity contribution in [3.8, 4) is 0 Å². The molecule has 3 rings (SSSR count). The molecule has 1 aliphatic rings. The van der Waals surface area contributed by atoms with Gasteiger partial charge in [-0.05, 0) is 19.1 Å². The van der Waals surface area contributed by atoms with E-state index >= 15 is 0 Å². The summed E-state index contributed by atoms with van der Waals surface area (Å²) in [5.74, 6) is 0.0167.